The molecular formula is C50H34N2. The Labute approximate surface area is 303 Å². The lowest BCUT2D eigenvalue weighted by molar-refractivity contribution is 1.18. The summed E-state index contributed by atoms with van der Waals surface area (Å²) in [6, 6.07) is 74.6. The molecule has 52 heavy (non-hydrogen) atoms. The van der Waals surface area contributed by atoms with Gasteiger partial charge in [-0.15, -0.1) is 0 Å². The number of para-hydroxylation sites is 2. The molecule has 0 aliphatic carbocycles. The first-order valence-electron chi connectivity index (χ1n) is 17.8. The molecule has 0 bridgehead atoms. The van der Waals surface area contributed by atoms with Gasteiger partial charge >= 0.3 is 0 Å². The van der Waals surface area contributed by atoms with E-state index in [2.05, 4.69) is 216 Å². The lowest BCUT2D eigenvalue weighted by Gasteiger charge is -2.26. The van der Waals surface area contributed by atoms with E-state index in [1.54, 1.807) is 0 Å². The van der Waals surface area contributed by atoms with E-state index in [4.69, 9.17) is 0 Å². The van der Waals surface area contributed by atoms with Crippen LogP contribution < -0.4 is 4.90 Å². The summed E-state index contributed by atoms with van der Waals surface area (Å²) in [5.41, 5.74) is 11.8. The first-order valence-corrected chi connectivity index (χ1v) is 17.8. The van der Waals surface area contributed by atoms with Gasteiger partial charge in [-0.2, -0.15) is 0 Å². The van der Waals surface area contributed by atoms with Crippen LogP contribution in [0.15, 0.2) is 206 Å². The highest BCUT2D eigenvalue weighted by atomic mass is 15.1. The molecule has 0 aliphatic rings. The van der Waals surface area contributed by atoms with E-state index >= 15 is 0 Å². The van der Waals surface area contributed by atoms with E-state index in [9.17, 15) is 0 Å². The molecule has 2 heteroatoms. The molecule has 0 unspecified atom stereocenters. The minimum Gasteiger partial charge on any atom is -0.310 e. The highest BCUT2D eigenvalue weighted by molar-refractivity contribution is 6.18. The lowest BCUT2D eigenvalue weighted by atomic mass is 9.98. The maximum absolute atomic E-state index is 2.40. The molecule has 10 aromatic rings. The smallest absolute Gasteiger partial charge is 0.0547 e. The molecule has 0 amide bonds. The van der Waals surface area contributed by atoms with E-state index < -0.39 is 0 Å². The van der Waals surface area contributed by atoms with Crippen LogP contribution in [0.5, 0.6) is 0 Å². The number of fused-ring (bicyclic) bond motifs is 6. The quantitative estimate of drug-likeness (QED) is 0.161. The Kier molecular flexibility index (Phi) is 7.18. The topological polar surface area (TPSA) is 8.17 Å². The number of aromatic nitrogens is 1. The van der Waals surface area contributed by atoms with Crippen molar-refractivity contribution < 1.29 is 0 Å². The third-order valence-electron chi connectivity index (χ3n) is 10.3. The van der Waals surface area contributed by atoms with Crippen LogP contribution in [0, 0.1) is 0 Å². The fourth-order valence-electron chi connectivity index (χ4n) is 7.82. The van der Waals surface area contributed by atoms with Crippen LogP contribution in [-0.2, 0) is 0 Å². The molecule has 0 N–H and O–H groups in total. The van der Waals surface area contributed by atoms with Gasteiger partial charge in [0.05, 0.1) is 11.0 Å². The van der Waals surface area contributed by atoms with E-state index in [-0.39, 0.29) is 0 Å². The van der Waals surface area contributed by atoms with Gasteiger partial charge in [0.25, 0.3) is 0 Å². The number of hydrogen-bond donors (Lipinski definition) is 0. The summed E-state index contributed by atoms with van der Waals surface area (Å²) in [7, 11) is 0. The van der Waals surface area contributed by atoms with Gasteiger partial charge in [-0.25, -0.2) is 0 Å². The highest BCUT2D eigenvalue weighted by Crippen LogP contribution is 2.41. The molecule has 10 rings (SSSR count). The van der Waals surface area contributed by atoms with Crippen LogP contribution >= 0.6 is 0 Å². The van der Waals surface area contributed by atoms with Gasteiger partial charge in [-0.3, -0.25) is 0 Å². The predicted octanol–water partition coefficient (Wildman–Crippen LogP) is 13.9. The zero-order chi connectivity index (χ0) is 34.4. The molecule has 0 spiro atoms. The van der Waals surface area contributed by atoms with Crippen LogP contribution in [0.2, 0.25) is 0 Å². The van der Waals surface area contributed by atoms with Crippen molar-refractivity contribution in [3.8, 4) is 27.9 Å². The predicted molar refractivity (Wildman–Crippen MR) is 221 cm³/mol. The number of nitrogens with zero attached hydrogens (tertiary/aromatic N) is 2. The molecule has 0 atom stereocenters. The number of rotatable bonds is 6. The van der Waals surface area contributed by atoms with Crippen LogP contribution in [0.25, 0.3) is 71.3 Å². The number of anilines is 3. The van der Waals surface area contributed by atoms with Crippen molar-refractivity contribution in [3.05, 3.63) is 206 Å². The Morgan fingerprint density at radius 2 is 0.788 bits per heavy atom. The molecule has 0 aliphatic heterocycles. The van der Waals surface area contributed by atoms with Crippen LogP contribution in [0.4, 0.5) is 17.1 Å². The largest absolute Gasteiger partial charge is 0.310 e. The maximum Gasteiger partial charge on any atom is 0.0547 e. The zero-order valence-electron chi connectivity index (χ0n) is 28.5. The Bertz CT molecular complexity index is 2770. The molecule has 0 saturated heterocycles. The summed E-state index contributed by atoms with van der Waals surface area (Å²) in [6.45, 7) is 0. The normalized spacial score (nSPS) is 11.5. The van der Waals surface area contributed by atoms with E-state index in [0.717, 1.165) is 17.1 Å². The van der Waals surface area contributed by atoms with E-state index in [0.29, 0.717) is 0 Å². The van der Waals surface area contributed by atoms with Crippen LogP contribution in [0.1, 0.15) is 0 Å². The van der Waals surface area contributed by atoms with Gasteiger partial charge in [0.15, 0.2) is 0 Å². The molecular weight excluding hydrogens is 629 g/mol. The number of benzene rings is 9. The molecule has 2 nitrogen and oxygen atoms in total. The second-order valence-electron chi connectivity index (χ2n) is 13.4. The molecule has 0 fully saturated rings. The highest BCUT2D eigenvalue weighted by Gasteiger charge is 2.17. The molecule has 1 aromatic heterocycles. The van der Waals surface area contributed by atoms with Gasteiger partial charge in [0.2, 0.25) is 0 Å². The molecule has 9 aromatic carbocycles. The average Bonchev–Trinajstić information content (AvgIpc) is 3.55. The second kappa shape index (κ2) is 12.5. The monoisotopic (exact) mass is 662 g/mol. The third kappa shape index (κ3) is 5.12. The SMILES string of the molecule is c1ccc(-c2ccc(N(c3ccc(-c4ccccc4)cc3)c3ccc4c(ccc5cc6c7ccccc7n(-c7ccccc7)c6cc54)c3)cc2)cc1. The maximum atomic E-state index is 2.40. The first-order chi connectivity index (χ1) is 25.8. The first kappa shape index (κ1) is 30.0. The average molecular weight is 663 g/mol. The summed E-state index contributed by atoms with van der Waals surface area (Å²) < 4.78 is 2.40. The fourth-order valence-corrected chi connectivity index (χ4v) is 7.82. The molecule has 0 radical (unpaired) electrons. The molecule has 1 heterocycles. The minimum atomic E-state index is 1.11. The van der Waals surface area contributed by atoms with Crippen molar-refractivity contribution in [2.75, 3.05) is 4.90 Å². The van der Waals surface area contributed by atoms with Crippen molar-refractivity contribution in [1.29, 1.82) is 0 Å². The summed E-state index contributed by atoms with van der Waals surface area (Å²) in [6.07, 6.45) is 0. The van der Waals surface area contributed by atoms with Crippen LogP contribution in [0.3, 0.4) is 0 Å². The van der Waals surface area contributed by atoms with E-state index in [1.807, 2.05) is 0 Å². The Morgan fingerprint density at radius 1 is 0.288 bits per heavy atom. The Morgan fingerprint density at radius 3 is 1.40 bits per heavy atom. The van der Waals surface area contributed by atoms with Gasteiger partial charge < -0.3 is 9.47 Å². The number of hydrogen-bond acceptors (Lipinski definition) is 1. The molecule has 244 valence electrons. The fraction of sp³-hybridized carbons (Fsp3) is 0. The van der Waals surface area contributed by atoms with Gasteiger partial charge in [-0.05, 0) is 111 Å². The van der Waals surface area contributed by atoms with Gasteiger partial charge in [-0.1, -0.05) is 140 Å². The summed E-state index contributed by atoms with van der Waals surface area (Å²) in [4.78, 5) is 2.36. The summed E-state index contributed by atoms with van der Waals surface area (Å²) >= 11 is 0. The van der Waals surface area contributed by atoms with Crippen LogP contribution in [-0.4, -0.2) is 4.57 Å². The van der Waals surface area contributed by atoms with Crippen molar-refractivity contribution in [3.63, 3.8) is 0 Å². The minimum absolute atomic E-state index is 1.11. The van der Waals surface area contributed by atoms with Crippen molar-refractivity contribution >= 4 is 60.4 Å². The third-order valence-corrected chi connectivity index (χ3v) is 10.3. The molecule has 0 saturated carbocycles. The van der Waals surface area contributed by atoms with Crippen molar-refractivity contribution in [2.45, 2.75) is 0 Å². The Balaban J connectivity index is 1.13. The Hall–Kier alpha value is -6.90. The van der Waals surface area contributed by atoms with E-state index in [1.165, 1.54) is 71.3 Å². The van der Waals surface area contributed by atoms with Gasteiger partial charge in [0.1, 0.15) is 0 Å². The van der Waals surface area contributed by atoms with Crippen molar-refractivity contribution in [2.24, 2.45) is 0 Å². The van der Waals surface area contributed by atoms with Crippen molar-refractivity contribution in [1.82, 2.24) is 4.57 Å². The second-order valence-corrected chi connectivity index (χ2v) is 13.4. The summed E-state index contributed by atoms with van der Waals surface area (Å²) in [5.74, 6) is 0. The lowest BCUT2D eigenvalue weighted by Crippen LogP contribution is -2.09. The van der Waals surface area contributed by atoms with Gasteiger partial charge in [0, 0.05) is 33.5 Å². The summed E-state index contributed by atoms with van der Waals surface area (Å²) in [5, 5.41) is 7.49. The zero-order valence-corrected chi connectivity index (χ0v) is 28.5. The standard InChI is InChI=1S/C50H34N2/c1-4-12-35(13-5-1)37-22-26-42(27-23-37)51(43-28-24-38(25-29-43)36-14-6-2-7-15-36)44-30-31-45-39(32-44)20-21-40-33-48-46-18-10-11-19-49(46)52(50(48)34-47(40)45)41-16-8-3-9-17-41/h1-34H.